The minimum atomic E-state index is -0.595. The predicted molar refractivity (Wildman–Crippen MR) is 112 cm³/mol. The van der Waals surface area contributed by atoms with Crippen molar-refractivity contribution in [3.63, 3.8) is 0 Å². The molecule has 2 aromatic rings. The smallest absolute Gasteiger partial charge is 0.268 e. The number of rotatable bonds is 2. The van der Waals surface area contributed by atoms with Gasteiger partial charge >= 0.3 is 0 Å². The fourth-order valence-electron chi connectivity index (χ4n) is 7.37. The van der Waals surface area contributed by atoms with Crippen molar-refractivity contribution >= 4 is 17.7 Å². The van der Waals surface area contributed by atoms with Crippen LogP contribution in [0, 0.1) is 24.2 Å². The lowest BCUT2D eigenvalue weighted by Gasteiger charge is -2.61. The van der Waals surface area contributed by atoms with E-state index < -0.39 is 17.2 Å². The quantitative estimate of drug-likeness (QED) is 0.691. The van der Waals surface area contributed by atoms with E-state index in [1.165, 1.54) is 17.5 Å². The van der Waals surface area contributed by atoms with E-state index >= 15 is 0 Å². The van der Waals surface area contributed by atoms with Crippen molar-refractivity contribution in [2.45, 2.75) is 50.9 Å². The molecule has 0 aromatic heterocycles. The average molecular weight is 399 g/mol. The highest BCUT2D eigenvalue weighted by atomic mass is 16.2. The molecule has 3 amide bonds. The van der Waals surface area contributed by atoms with Gasteiger partial charge in [0.05, 0.1) is 16.5 Å². The number of nitrogens with zero attached hydrogens (tertiary/aromatic N) is 1. The van der Waals surface area contributed by atoms with Crippen LogP contribution < -0.4 is 0 Å². The predicted octanol–water partition coefficient (Wildman–Crippen LogP) is 4.66. The van der Waals surface area contributed by atoms with Gasteiger partial charge in [0.1, 0.15) is 0 Å². The van der Waals surface area contributed by atoms with Crippen LogP contribution in [0.25, 0.3) is 0 Å². The van der Waals surface area contributed by atoms with Crippen LogP contribution in [0.5, 0.6) is 0 Å². The highest BCUT2D eigenvalue weighted by Gasteiger charge is 2.63. The molecule has 4 saturated carbocycles. The van der Waals surface area contributed by atoms with Crippen LogP contribution in [0.4, 0.5) is 0 Å². The molecule has 1 heterocycles. The molecule has 30 heavy (non-hydrogen) atoms. The van der Waals surface area contributed by atoms with Crippen molar-refractivity contribution in [1.82, 2.24) is 4.90 Å². The molecule has 4 bridgehead atoms. The maximum absolute atomic E-state index is 13.9. The van der Waals surface area contributed by atoms with Crippen molar-refractivity contribution in [3.05, 3.63) is 70.8 Å². The van der Waals surface area contributed by atoms with Gasteiger partial charge in [0.2, 0.25) is 5.91 Å². The van der Waals surface area contributed by atoms with Gasteiger partial charge < -0.3 is 0 Å². The summed E-state index contributed by atoms with van der Waals surface area (Å²) in [6.07, 6.45) is 5.77. The second-order valence-electron chi connectivity index (χ2n) is 10.2. The van der Waals surface area contributed by atoms with Gasteiger partial charge in [-0.25, -0.2) is 4.90 Å². The average Bonchev–Trinajstić information content (AvgIpc) is 2.97. The van der Waals surface area contributed by atoms with Crippen LogP contribution >= 0.6 is 0 Å². The summed E-state index contributed by atoms with van der Waals surface area (Å²) in [5.74, 6) is -0.154. The van der Waals surface area contributed by atoms with E-state index in [0.717, 1.165) is 37.0 Å². The second-order valence-corrected chi connectivity index (χ2v) is 10.2. The van der Waals surface area contributed by atoms with E-state index in [9.17, 15) is 14.4 Å². The van der Waals surface area contributed by atoms with Gasteiger partial charge in [-0.1, -0.05) is 42.0 Å². The zero-order valence-electron chi connectivity index (χ0n) is 17.2. The number of amides is 3. The Morgan fingerprint density at radius 1 is 0.867 bits per heavy atom. The van der Waals surface area contributed by atoms with E-state index in [-0.39, 0.29) is 11.3 Å². The van der Waals surface area contributed by atoms with E-state index in [1.807, 2.05) is 0 Å². The highest BCUT2D eigenvalue weighted by molar-refractivity contribution is 6.29. The molecular weight excluding hydrogens is 374 g/mol. The lowest BCUT2D eigenvalue weighted by molar-refractivity contribution is -0.154. The number of imide groups is 3. The Labute approximate surface area is 176 Å². The lowest BCUT2D eigenvalue weighted by atomic mass is 9.42. The van der Waals surface area contributed by atoms with E-state index in [1.54, 1.807) is 24.3 Å². The van der Waals surface area contributed by atoms with Crippen molar-refractivity contribution in [3.8, 4) is 0 Å². The summed E-state index contributed by atoms with van der Waals surface area (Å²) in [5, 5.41) is 0. The monoisotopic (exact) mass is 399 g/mol. The van der Waals surface area contributed by atoms with Gasteiger partial charge in [0.25, 0.3) is 11.8 Å². The number of carbonyl (C=O) groups is 3. The summed E-state index contributed by atoms with van der Waals surface area (Å²) < 4.78 is 0. The zero-order valence-corrected chi connectivity index (χ0v) is 17.2. The first-order valence-corrected chi connectivity index (χ1v) is 11.0. The third-order valence-corrected chi connectivity index (χ3v) is 8.18. The molecule has 4 fully saturated rings. The maximum Gasteiger partial charge on any atom is 0.268 e. The fraction of sp³-hybridized carbons (Fsp3) is 0.423. The Balaban J connectivity index is 1.40. The summed E-state index contributed by atoms with van der Waals surface area (Å²) in [6.45, 7) is 2.09. The standard InChI is InChI=1S/C26H25NO3/c1-16-6-8-19(9-7-16)25-11-17-10-18(12-25)14-26(13-17,15-25)24(30)27-22(28)20-4-2-3-5-21(20)23(27)29/h2-9,17-18H,10-15H2,1H3. The molecule has 7 rings (SSSR count). The first-order valence-electron chi connectivity index (χ1n) is 11.0. The second kappa shape index (κ2) is 5.90. The zero-order chi connectivity index (χ0) is 20.7. The fourth-order valence-corrected chi connectivity index (χ4v) is 7.37. The molecule has 2 unspecified atom stereocenters. The molecule has 5 aliphatic rings. The molecule has 0 N–H and O–H groups in total. The topological polar surface area (TPSA) is 54.5 Å². The number of fused-ring (bicyclic) bond motifs is 1. The molecule has 152 valence electrons. The summed E-state index contributed by atoms with van der Waals surface area (Å²) in [7, 11) is 0. The van der Waals surface area contributed by atoms with Crippen LogP contribution in [-0.2, 0) is 10.2 Å². The number of carbonyl (C=O) groups excluding carboxylic acids is 3. The van der Waals surface area contributed by atoms with Gasteiger partial charge in [0.15, 0.2) is 0 Å². The lowest BCUT2D eigenvalue weighted by Crippen LogP contribution is -2.60. The summed E-state index contributed by atoms with van der Waals surface area (Å²) in [4.78, 5) is 40.9. The van der Waals surface area contributed by atoms with Gasteiger partial charge in [-0.05, 0) is 80.4 Å². The largest absolute Gasteiger partial charge is 0.273 e. The Hall–Kier alpha value is -2.75. The van der Waals surface area contributed by atoms with Crippen molar-refractivity contribution in [1.29, 1.82) is 0 Å². The van der Waals surface area contributed by atoms with Gasteiger partial charge in [-0.15, -0.1) is 0 Å². The molecule has 4 nitrogen and oxygen atoms in total. The van der Waals surface area contributed by atoms with Crippen molar-refractivity contribution in [2.24, 2.45) is 17.3 Å². The van der Waals surface area contributed by atoms with E-state index in [2.05, 4.69) is 31.2 Å². The maximum atomic E-state index is 13.9. The first-order chi connectivity index (χ1) is 14.4. The SMILES string of the molecule is Cc1ccc(C23CC4CC(CC(C(=O)N5C(=O)c6ccccc6C5=O)(C4)C2)C3)cc1. The normalized spacial score (nSPS) is 33.8. The molecular formula is C26H25NO3. The molecule has 0 saturated heterocycles. The molecule has 0 radical (unpaired) electrons. The highest BCUT2D eigenvalue weighted by Crippen LogP contribution is 2.66. The third kappa shape index (κ3) is 2.31. The van der Waals surface area contributed by atoms with Crippen LogP contribution in [0.1, 0.15) is 70.4 Å². The Bertz CT molecular complexity index is 1050. The molecule has 4 aliphatic carbocycles. The van der Waals surface area contributed by atoms with Crippen LogP contribution in [0.15, 0.2) is 48.5 Å². The minimum absolute atomic E-state index is 0.00782. The number of benzene rings is 2. The Morgan fingerprint density at radius 2 is 1.43 bits per heavy atom. The molecule has 2 atom stereocenters. The van der Waals surface area contributed by atoms with E-state index in [4.69, 9.17) is 0 Å². The molecule has 2 aromatic carbocycles. The Kier molecular flexibility index (Phi) is 3.55. The molecule has 0 spiro atoms. The summed E-state index contributed by atoms with van der Waals surface area (Å²) in [6, 6.07) is 15.6. The van der Waals surface area contributed by atoms with Crippen LogP contribution in [-0.4, -0.2) is 22.6 Å². The minimum Gasteiger partial charge on any atom is -0.273 e. The van der Waals surface area contributed by atoms with Crippen LogP contribution in [0.3, 0.4) is 0 Å². The van der Waals surface area contributed by atoms with Crippen LogP contribution in [0.2, 0.25) is 0 Å². The third-order valence-electron chi connectivity index (χ3n) is 8.18. The number of hydrogen-bond donors (Lipinski definition) is 0. The molecule has 1 aliphatic heterocycles. The Morgan fingerprint density at radius 3 is 2.00 bits per heavy atom. The van der Waals surface area contributed by atoms with Gasteiger partial charge in [-0.2, -0.15) is 0 Å². The van der Waals surface area contributed by atoms with Gasteiger partial charge in [-0.3, -0.25) is 14.4 Å². The van der Waals surface area contributed by atoms with Crippen molar-refractivity contribution < 1.29 is 14.4 Å². The number of hydrogen-bond acceptors (Lipinski definition) is 3. The number of aryl methyl sites for hydroxylation is 1. The van der Waals surface area contributed by atoms with Gasteiger partial charge in [0, 0.05) is 0 Å². The van der Waals surface area contributed by atoms with Crippen molar-refractivity contribution in [2.75, 3.05) is 0 Å². The summed E-state index contributed by atoms with van der Waals surface area (Å²) >= 11 is 0. The summed E-state index contributed by atoms with van der Waals surface area (Å²) in [5.41, 5.74) is 2.67. The van der Waals surface area contributed by atoms with E-state index in [0.29, 0.717) is 23.0 Å². The molecule has 4 heteroatoms. The first kappa shape index (κ1) is 18.1.